The maximum Gasteiger partial charge on any atom is 0.224 e. The van der Waals surface area contributed by atoms with Crippen molar-refractivity contribution in [3.05, 3.63) is 48.5 Å². The first-order valence-electron chi connectivity index (χ1n) is 9.62. The molecule has 7 heteroatoms. The molecule has 4 rings (SSSR count). The lowest BCUT2D eigenvalue weighted by Gasteiger charge is -2.34. The maximum absolute atomic E-state index is 12.9. The van der Waals surface area contributed by atoms with E-state index in [9.17, 15) is 13.2 Å². The van der Waals surface area contributed by atoms with Gasteiger partial charge in [0.05, 0.1) is 22.9 Å². The van der Waals surface area contributed by atoms with Crippen LogP contribution < -0.4 is 4.90 Å². The normalized spacial score (nSPS) is 19.8. The van der Waals surface area contributed by atoms with Crippen LogP contribution in [0.15, 0.2) is 58.3 Å². The summed E-state index contributed by atoms with van der Waals surface area (Å²) < 4.78 is 23.6. The minimum atomic E-state index is -3.01. The maximum atomic E-state index is 12.9. The fourth-order valence-electron chi connectivity index (χ4n) is 4.03. The molecular formula is C21H24N2O3S2. The average Bonchev–Trinajstić information content (AvgIpc) is 3.05. The predicted octanol–water partition coefficient (Wildman–Crippen LogP) is 3.72. The molecule has 0 radical (unpaired) electrons. The van der Waals surface area contributed by atoms with Gasteiger partial charge in [-0.1, -0.05) is 36.0 Å². The first-order valence-corrected chi connectivity index (χ1v) is 12.3. The second-order valence-electron chi connectivity index (χ2n) is 7.18. The predicted molar refractivity (Wildman–Crippen MR) is 113 cm³/mol. The molecule has 0 N–H and O–H groups in total. The van der Waals surface area contributed by atoms with Crippen LogP contribution in [-0.2, 0) is 14.6 Å². The summed E-state index contributed by atoms with van der Waals surface area (Å²) in [5.74, 6) is 0.308. The number of carbonyl (C=O) groups is 1. The lowest BCUT2D eigenvalue weighted by molar-refractivity contribution is -0.132. The SMILES string of the molecule is CCN(C(=O)CCN1c2ccccc2Sc2ccccc21)C1CCS(=O)(=O)C1. The summed E-state index contributed by atoms with van der Waals surface area (Å²) in [6.45, 7) is 3.04. The van der Waals surface area contributed by atoms with E-state index in [4.69, 9.17) is 0 Å². The third-order valence-electron chi connectivity index (χ3n) is 5.39. The molecular weight excluding hydrogens is 392 g/mol. The summed E-state index contributed by atoms with van der Waals surface area (Å²) in [5, 5.41) is 0. The van der Waals surface area contributed by atoms with Crippen LogP contribution >= 0.6 is 11.8 Å². The lowest BCUT2D eigenvalue weighted by Crippen LogP contribution is -2.42. The molecule has 0 spiro atoms. The summed E-state index contributed by atoms with van der Waals surface area (Å²) in [5.41, 5.74) is 2.23. The van der Waals surface area contributed by atoms with Crippen molar-refractivity contribution in [3.8, 4) is 0 Å². The molecule has 2 aromatic rings. The van der Waals surface area contributed by atoms with Gasteiger partial charge in [-0.3, -0.25) is 4.79 Å². The van der Waals surface area contributed by atoms with E-state index < -0.39 is 9.84 Å². The van der Waals surface area contributed by atoms with Crippen LogP contribution in [-0.4, -0.2) is 49.9 Å². The lowest BCUT2D eigenvalue weighted by atomic mass is 10.1. The molecule has 148 valence electrons. The van der Waals surface area contributed by atoms with E-state index in [0.29, 0.717) is 25.9 Å². The number of amides is 1. The zero-order chi connectivity index (χ0) is 19.7. The van der Waals surface area contributed by atoms with E-state index in [2.05, 4.69) is 29.2 Å². The van der Waals surface area contributed by atoms with Crippen LogP contribution in [0.4, 0.5) is 11.4 Å². The van der Waals surface area contributed by atoms with Gasteiger partial charge in [-0.2, -0.15) is 0 Å². The number of nitrogens with zero attached hydrogens (tertiary/aromatic N) is 2. The van der Waals surface area contributed by atoms with Crippen molar-refractivity contribution in [1.82, 2.24) is 4.90 Å². The van der Waals surface area contributed by atoms with Gasteiger partial charge in [-0.25, -0.2) is 8.42 Å². The number of benzene rings is 2. The van der Waals surface area contributed by atoms with Gasteiger partial charge in [0.25, 0.3) is 0 Å². The Morgan fingerprint density at radius 2 is 1.71 bits per heavy atom. The van der Waals surface area contributed by atoms with Crippen molar-refractivity contribution in [3.63, 3.8) is 0 Å². The number of carbonyl (C=O) groups excluding carboxylic acids is 1. The Morgan fingerprint density at radius 1 is 1.11 bits per heavy atom. The first kappa shape index (κ1) is 19.3. The van der Waals surface area contributed by atoms with Crippen molar-refractivity contribution in [1.29, 1.82) is 0 Å². The molecule has 1 fully saturated rings. The van der Waals surface area contributed by atoms with E-state index in [1.807, 2.05) is 31.2 Å². The van der Waals surface area contributed by atoms with Crippen molar-refractivity contribution in [2.45, 2.75) is 35.6 Å². The van der Waals surface area contributed by atoms with Gasteiger partial charge < -0.3 is 9.80 Å². The highest BCUT2D eigenvalue weighted by atomic mass is 32.2. The second kappa shape index (κ2) is 7.79. The molecule has 0 aliphatic carbocycles. The monoisotopic (exact) mass is 416 g/mol. The molecule has 5 nitrogen and oxygen atoms in total. The van der Waals surface area contributed by atoms with Gasteiger partial charge in [0.2, 0.25) is 5.91 Å². The number of hydrogen-bond donors (Lipinski definition) is 0. The molecule has 2 aliphatic heterocycles. The van der Waals surface area contributed by atoms with E-state index >= 15 is 0 Å². The average molecular weight is 417 g/mol. The minimum Gasteiger partial charge on any atom is -0.339 e. The van der Waals surface area contributed by atoms with E-state index in [-0.39, 0.29) is 23.5 Å². The van der Waals surface area contributed by atoms with Crippen LogP contribution in [0.5, 0.6) is 0 Å². The largest absolute Gasteiger partial charge is 0.339 e. The smallest absolute Gasteiger partial charge is 0.224 e. The third-order valence-corrected chi connectivity index (χ3v) is 8.27. The molecule has 2 aliphatic rings. The third kappa shape index (κ3) is 3.78. The fraction of sp³-hybridized carbons (Fsp3) is 0.381. The highest BCUT2D eigenvalue weighted by molar-refractivity contribution is 7.99. The first-order chi connectivity index (χ1) is 13.5. The summed E-state index contributed by atoms with van der Waals surface area (Å²) in [6, 6.07) is 16.3. The van der Waals surface area contributed by atoms with Crippen LogP contribution in [0.2, 0.25) is 0 Å². The summed E-state index contributed by atoms with van der Waals surface area (Å²) >= 11 is 1.75. The fourth-order valence-corrected chi connectivity index (χ4v) is 6.86. The van der Waals surface area contributed by atoms with Crippen molar-refractivity contribution < 1.29 is 13.2 Å². The topological polar surface area (TPSA) is 57.7 Å². The van der Waals surface area contributed by atoms with Crippen LogP contribution in [0.25, 0.3) is 0 Å². The zero-order valence-corrected chi connectivity index (χ0v) is 17.5. The van der Waals surface area contributed by atoms with E-state index in [1.165, 1.54) is 9.79 Å². The standard InChI is InChI=1S/C21H24N2O3S2/c1-2-22(16-12-14-28(25,26)15-16)21(24)11-13-23-17-7-3-5-9-19(17)27-20-10-6-4-8-18(20)23/h3-10,16H,2,11-15H2,1H3. The number of anilines is 2. The van der Waals surface area contributed by atoms with Crippen LogP contribution in [0, 0.1) is 0 Å². The summed E-state index contributed by atoms with van der Waals surface area (Å²) in [7, 11) is -3.01. The second-order valence-corrected chi connectivity index (χ2v) is 10.5. The zero-order valence-electron chi connectivity index (χ0n) is 15.9. The Hall–Kier alpha value is -1.99. The van der Waals surface area contributed by atoms with Gasteiger partial charge in [0, 0.05) is 35.3 Å². The van der Waals surface area contributed by atoms with E-state index in [0.717, 1.165) is 11.4 Å². The highest BCUT2D eigenvalue weighted by Gasteiger charge is 2.34. The van der Waals surface area contributed by atoms with Gasteiger partial charge in [0.1, 0.15) is 0 Å². The Bertz CT molecular complexity index is 945. The number of fused-ring (bicyclic) bond motifs is 2. The van der Waals surface area contributed by atoms with Crippen molar-refractivity contribution in [2.24, 2.45) is 0 Å². The Kier molecular flexibility index (Phi) is 5.38. The molecule has 1 saturated heterocycles. The van der Waals surface area contributed by atoms with Gasteiger partial charge in [0.15, 0.2) is 9.84 Å². The molecule has 0 bridgehead atoms. The highest BCUT2D eigenvalue weighted by Crippen LogP contribution is 2.47. The van der Waals surface area contributed by atoms with Gasteiger partial charge >= 0.3 is 0 Å². The van der Waals surface area contributed by atoms with Gasteiger partial charge in [-0.15, -0.1) is 0 Å². The molecule has 1 unspecified atom stereocenters. The Balaban J connectivity index is 1.52. The Morgan fingerprint density at radius 3 is 2.25 bits per heavy atom. The van der Waals surface area contributed by atoms with Crippen LogP contribution in [0.3, 0.4) is 0 Å². The molecule has 2 aromatic carbocycles. The molecule has 0 aromatic heterocycles. The summed E-state index contributed by atoms with van der Waals surface area (Å²) in [6.07, 6.45) is 0.908. The van der Waals surface area contributed by atoms with Crippen LogP contribution in [0.1, 0.15) is 19.8 Å². The minimum absolute atomic E-state index is 0.0257. The number of hydrogen-bond acceptors (Lipinski definition) is 5. The van der Waals surface area contributed by atoms with Crippen molar-refractivity contribution in [2.75, 3.05) is 29.5 Å². The van der Waals surface area contributed by atoms with E-state index in [1.54, 1.807) is 16.7 Å². The van der Waals surface area contributed by atoms with Gasteiger partial charge in [-0.05, 0) is 37.6 Å². The molecule has 2 heterocycles. The molecule has 1 atom stereocenters. The number of rotatable bonds is 5. The van der Waals surface area contributed by atoms with Crippen molar-refractivity contribution >= 4 is 38.9 Å². The number of sulfone groups is 1. The Labute approximate surface area is 170 Å². The number of para-hydroxylation sites is 2. The molecule has 28 heavy (non-hydrogen) atoms. The summed E-state index contributed by atoms with van der Waals surface area (Å²) in [4.78, 5) is 19.3. The molecule has 1 amide bonds. The molecule has 0 saturated carbocycles. The quantitative estimate of drug-likeness (QED) is 0.744.